The molecular formula is C10H15ClN2O2S. The summed E-state index contributed by atoms with van der Waals surface area (Å²) in [6, 6.07) is 0. The number of rotatable bonds is 4. The van der Waals surface area contributed by atoms with Gasteiger partial charge in [-0.05, 0) is 18.9 Å². The molecule has 1 heterocycles. The highest BCUT2D eigenvalue weighted by atomic mass is 35.7. The Balaban J connectivity index is 2.84. The average molecular weight is 263 g/mol. The first-order chi connectivity index (χ1) is 7.29. The Bertz CT molecular complexity index is 472. The van der Waals surface area contributed by atoms with Gasteiger partial charge in [-0.3, -0.25) is 0 Å². The molecule has 6 heteroatoms. The highest BCUT2D eigenvalue weighted by Gasteiger charge is 2.10. The molecule has 1 rings (SSSR count). The molecule has 0 saturated carbocycles. The van der Waals surface area contributed by atoms with Crippen LogP contribution in [0.2, 0.25) is 0 Å². The van der Waals surface area contributed by atoms with E-state index in [4.69, 9.17) is 10.7 Å². The second-order valence-corrected chi connectivity index (χ2v) is 6.88. The third kappa shape index (κ3) is 4.06. The zero-order chi connectivity index (χ0) is 12.3. The SMILES string of the molecule is Cc1nc(C(C)C)ncc1CCS(=O)(=O)Cl. The number of aromatic nitrogens is 2. The van der Waals surface area contributed by atoms with Gasteiger partial charge in [-0.2, -0.15) is 0 Å². The van der Waals surface area contributed by atoms with Crippen LogP contribution in [0, 0.1) is 6.92 Å². The van der Waals surface area contributed by atoms with E-state index < -0.39 is 9.05 Å². The van der Waals surface area contributed by atoms with Crippen molar-refractivity contribution in [3.8, 4) is 0 Å². The minimum atomic E-state index is -3.45. The maximum atomic E-state index is 10.8. The van der Waals surface area contributed by atoms with E-state index >= 15 is 0 Å². The Morgan fingerprint density at radius 3 is 2.50 bits per heavy atom. The lowest BCUT2D eigenvalue weighted by Gasteiger charge is -2.07. The van der Waals surface area contributed by atoms with Crippen LogP contribution in [-0.2, 0) is 15.5 Å². The monoisotopic (exact) mass is 262 g/mol. The first kappa shape index (κ1) is 13.4. The molecule has 0 radical (unpaired) electrons. The molecule has 0 bridgehead atoms. The summed E-state index contributed by atoms with van der Waals surface area (Å²) < 4.78 is 21.6. The summed E-state index contributed by atoms with van der Waals surface area (Å²) >= 11 is 0. The van der Waals surface area contributed by atoms with Crippen molar-refractivity contribution in [3.63, 3.8) is 0 Å². The predicted molar refractivity (Wildman–Crippen MR) is 64.2 cm³/mol. The van der Waals surface area contributed by atoms with Crippen LogP contribution in [0.3, 0.4) is 0 Å². The summed E-state index contributed by atoms with van der Waals surface area (Å²) in [5, 5.41) is 0. The van der Waals surface area contributed by atoms with Gasteiger partial charge >= 0.3 is 0 Å². The van der Waals surface area contributed by atoms with Crippen molar-refractivity contribution >= 4 is 19.7 Å². The predicted octanol–water partition coefficient (Wildman–Crippen LogP) is 2.02. The van der Waals surface area contributed by atoms with E-state index in [1.807, 2.05) is 20.8 Å². The van der Waals surface area contributed by atoms with Crippen molar-refractivity contribution < 1.29 is 8.42 Å². The molecule has 16 heavy (non-hydrogen) atoms. The van der Waals surface area contributed by atoms with Crippen molar-refractivity contribution in [2.24, 2.45) is 0 Å². The standard InChI is InChI=1S/C10H15ClN2O2S/c1-7(2)10-12-6-9(8(3)13-10)4-5-16(11,14)15/h6-7H,4-5H2,1-3H3. The summed E-state index contributed by atoms with van der Waals surface area (Å²) in [6.45, 7) is 5.87. The van der Waals surface area contributed by atoms with E-state index in [9.17, 15) is 8.42 Å². The minimum Gasteiger partial charge on any atom is -0.241 e. The summed E-state index contributed by atoms with van der Waals surface area (Å²) in [5.41, 5.74) is 1.65. The number of halogens is 1. The Labute approximate surface area is 100 Å². The van der Waals surface area contributed by atoms with E-state index in [2.05, 4.69) is 9.97 Å². The molecule has 0 fully saturated rings. The largest absolute Gasteiger partial charge is 0.241 e. The molecule has 0 N–H and O–H groups in total. The smallest absolute Gasteiger partial charge is 0.232 e. The molecule has 0 unspecified atom stereocenters. The van der Waals surface area contributed by atoms with Crippen molar-refractivity contribution in [2.45, 2.75) is 33.1 Å². The summed E-state index contributed by atoms with van der Waals surface area (Å²) in [6.07, 6.45) is 2.04. The van der Waals surface area contributed by atoms with Gasteiger partial charge in [-0.1, -0.05) is 13.8 Å². The molecule has 0 atom stereocenters. The molecule has 0 aliphatic rings. The number of hydrogen-bond acceptors (Lipinski definition) is 4. The van der Waals surface area contributed by atoms with Crippen LogP contribution in [0.25, 0.3) is 0 Å². The third-order valence-corrected chi connectivity index (χ3v) is 3.39. The van der Waals surface area contributed by atoms with Gasteiger partial charge in [0.05, 0.1) is 5.75 Å². The highest BCUT2D eigenvalue weighted by Crippen LogP contribution is 2.13. The van der Waals surface area contributed by atoms with E-state index in [0.717, 1.165) is 17.1 Å². The molecule has 0 spiro atoms. The maximum Gasteiger partial charge on any atom is 0.232 e. The van der Waals surface area contributed by atoms with Crippen LogP contribution in [0.4, 0.5) is 0 Å². The van der Waals surface area contributed by atoms with Crippen LogP contribution in [0.5, 0.6) is 0 Å². The van der Waals surface area contributed by atoms with Crippen molar-refractivity contribution in [1.82, 2.24) is 9.97 Å². The van der Waals surface area contributed by atoms with Crippen molar-refractivity contribution in [3.05, 3.63) is 23.3 Å². The lowest BCUT2D eigenvalue weighted by atomic mass is 10.1. The van der Waals surface area contributed by atoms with Gasteiger partial charge < -0.3 is 0 Å². The zero-order valence-electron chi connectivity index (χ0n) is 9.57. The minimum absolute atomic E-state index is 0.0836. The number of nitrogens with zero attached hydrogens (tertiary/aromatic N) is 2. The maximum absolute atomic E-state index is 10.8. The molecule has 0 saturated heterocycles. The zero-order valence-corrected chi connectivity index (χ0v) is 11.1. The fourth-order valence-corrected chi connectivity index (χ4v) is 1.96. The first-order valence-corrected chi connectivity index (χ1v) is 7.52. The molecule has 1 aromatic heterocycles. The third-order valence-electron chi connectivity index (χ3n) is 2.23. The van der Waals surface area contributed by atoms with E-state index in [0.29, 0.717) is 6.42 Å². The Kier molecular flexibility index (Phi) is 4.27. The van der Waals surface area contributed by atoms with Gasteiger partial charge in [0.1, 0.15) is 5.82 Å². The van der Waals surface area contributed by atoms with Crippen LogP contribution in [0.15, 0.2) is 6.20 Å². The average Bonchev–Trinajstić information content (AvgIpc) is 2.14. The van der Waals surface area contributed by atoms with Gasteiger partial charge in [0, 0.05) is 28.5 Å². The summed E-state index contributed by atoms with van der Waals surface area (Å²) in [4.78, 5) is 8.51. The topological polar surface area (TPSA) is 59.9 Å². The second-order valence-electron chi connectivity index (χ2n) is 3.99. The van der Waals surface area contributed by atoms with E-state index in [-0.39, 0.29) is 11.7 Å². The van der Waals surface area contributed by atoms with Crippen LogP contribution >= 0.6 is 10.7 Å². The molecule has 4 nitrogen and oxygen atoms in total. The van der Waals surface area contributed by atoms with Gasteiger partial charge in [-0.15, -0.1) is 0 Å². The summed E-state index contributed by atoms with van der Waals surface area (Å²) in [5.74, 6) is 0.958. The lowest BCUT2D eigenvalue weighted by molar-refractivity contribution is 0.608. The second kappa shape index (κ2) is 5.10. The van der Waals surface area contributed by atoms with E-state index in [1.165, 1.54) is 0 Å². The quantitative estimate of drug-likeness (QED) is 0.779. The molecule has 0 aliphatic heterocycles. The van der Waals surface area contributed by atoms with Crippen molar-refractivity contribution in [2.75, 3.05) is 5.75 Å². The van der Waals surface area contributed by atoms with Gasteiger partial charge in [0.15, 0.2) is 0 Å². The number of aryl methyl sites for hydroxylation is 2. The normalized spacial score (nSPS) is 12.1. The molecule has 1 aromatic rings. The molecule has 0 amide bonds. The molecule has 90 valence electrons. The van der Waals surface area contributed by atoms with Gasteiger partial charge in [0.2, 0.25) is 9.05 Å². The number of hydrogen-bond donors (Lipinski definition) is 0. The van der Waals surface area contributed by atoms with E-state index in [1.54, 1.807) is 6.20 Å². The first-order valence-electron chi connectivity index (χ1n) is 5.04. The molecule has 0 aliphatic carbocycles. The van der Waals surface area contributed by atoms with Crippen LogP contribution in [0.1, 0.15) is 36.8 Å². The summed E-state index contributed by atoms with van der Waals surface area (Å²) in [7, 11) is 1.70. The Morgan fingerprint density at radius 2 is 2.06 bits per heavy atom. The fourth-order valence-electron chi connectivity index (χ4n) is 1.27. The van der Waals surface area contributed by atoms with Crippen LogP contribution < -0.4 is 0 Å². The van der Waals surface area contributed by atoms with Crippen LogP contribution in [-0.4, -0.2) is 24.1 Å². The van der Waals surface area contributed by atoms with Gasteiger partial charge in [0.25, 0.3) is 0 Å². The molecule has 0 aromatic carbocycles. The lowest BCUT2D eigenvalue weighted by Crippen LogP contribution is -2.07. The van der Waals surface area contributed by atoms with Gasteiger partial charge in [-0.25, -0.2) is 18.4 Å². The molecular weight excluding hydrogens is 248 g/mol. The van der Waals surface area contributed by atoms with Crippen molar-refractivity contribution in [1.29, 1.82) is 0 Å². The fraction of sp³-hybridized carbons (Fsp3) is 0.600. The Hall–Kier alpha value is -0.680. The Morgan fingerprint density at radius 1 is 1.44 bits per heavy atom. The highest BCUT2D eigenvalue weighted by molar-refractivity contribution is 8.13.